The molecule has 0 radical (unpaired) electrons. The maximum atomic E-state index is 11.2. The molecule has 1 saturated carbocycles. The SMILES string of the molecule is CC(CS(C)=O)NC(c1cccs1)C1CC1. The summed E-state index contributed by atoms with van der Waals surface area (Å²) in [6, 6.07) is 5.13. The average Bonchev–Trinajstić information content (AvgIpc) is 2.89. The number of nitrogens with one attached hydrogen (secondary N) is 1. The minimum absolute atomic E-state index is 0.332. The van der Waals surface area contributed by atoms with Crippen molar-refractivity contribution in [1.29, 1.82) is 0 Å². The van der Waals surface area contributed by atoms with Gasteiger partial charge in [0, 0.05) is 39.8 Å². The molecule has 16 heavy (non-hydrogen) atoms. The van der Waals surface area contributed by atoms with Gasteiger partial charge in [0.15, 0.2) is 0 Å². The van der Waals surface area contributed by atoms with E-state index in [1.165, 1.54) is 17.7 Å². The lowest BCUT2D eigenvalue weighted by Gasteiger charge is -2.21. The summed E-state index contributed by atoms with van der Waals surface area (Å²) in [4.78, 5) is 1.43. The van der Waals surface area contributed by atoms with E-state index < -0.39 is 10.8 Å². The van der Waals surface area contributed by atoms with Gasteiger partial charge in [-0.2, -0.15) is 0 Å². The minimum Gasteiger partial charge on any atom is -0.306 e. The minimum atomic E-state index is -0.711. The molecule has 0 amide bonds. The largest absolute Gasteiger partial charge is 0.306 e. The number of hydrogen-bond acceptors (Lipinski definition) is 3. The molecule has 2 rings (SSSR count). The predicted molar refractivity (Wildman–Crippen MR) is 71.3 cm³/mol. The van der Waals surface area contributed by atoms with Crippen LogP contribution in [0.5, 0.6) is 0 Å². The van der Waals surface area contributed by atoms with Crippen LogP contribution in [0.3, 0.4) is 0 Å². The van der Waals surface area contributed by atoms with Crippen molar-refractivity contribution in [2.75, 3.05) is 12.0 Å². The van der Waals surface area contributed by atoms with E-state index in [4.69, 9.17) is 0 Å². The summed E-state index contributed by atoms with van der Waals surface area (Å²) in [5.41, 5.74) is 0. The van der Waals surface area contributed by atoms with Gasteiger partial charge in [-0.25, -0.2) is 0 Å². The van der Waals surface area contributed by atoms with Crippen LogP contribution in [0.15, 0.2) is 17.5 Å². The third-order valence-corrected chi connectivity index (χ3v) is 4.82. The van der Waals surface area contributed by atoms with E-state index in [0.717, 1.165) is 11.7 Å². The Hall–Kier alpha value is -0.190. The lowest BCUT2D eigenvalue weighted by molar-refractivity contribution is 0.444. The zero-order valence-corrected chi connectivity index (χ0v) is 11.4. The number of rotatable bonds is 6. The molecule has 1 heterocycles. The predicted octanol–water partition coefficient (Wildman–Crippen LogP) is 2.56. The van der Waals surface area contributed by atoms with E-state index in [2.05, 4.69) is 29.8 Å². The lowest BCUT2D eigenvalue weighted by Crippen LogP contribution is -2.35. The Kier molecular flexibility index (Phi) is 4.16. The van der Waals surface area contributed by atoms with Gasteiger partial charge < -0.3 is 5.32 Å². The summed E-state index contributed by atoms with van der Waals surface area (Å²) in [5, 5.41) is 5.76. The third kappa shape index (κ3) is 3.40. The van der Waals surface area contributed by atoms with Crippen LogP contribution < -0.4 is 5.32 Å². The topological polar surface area (TPSA) is 29.1 Å². The molecule has 1 N–H and O–H groups in total. The standard InChI is InChI=1S/C12H19NOS2/c1-9(8-16(2)14)13-12(10-5-6-10)11-4-3-7-15-11/h3-4,7,9-10,12-13H,5-6,8H2,1-2H3. The molecule has 2 nitrogen and oxygen atoms in total. The highest BCUT2D eigenvalue weighted by atomic mass is 32.2. The summed E-state index contributed by atoms with van der Waals surface area (Å²) >= 11 is 1.82. The van der Waals surface area contributed by atoms with Crippen LogP contribution in [-0.4, -0.2) is 22.3 Å². The second-order valence-corrected chi connectivity index (χ2v) is 7.10. The van der Waals surface area contributed by atoms with Crippen molar-refractivity contribution in [1.82, 2.24) is 5.32 Å². The highest BCUT2D eigenvalue weighted by Crippen LogP contribution is 2.42. The van der Waals surface area contributed by atoms with Crippen LogP contribution in [0.4, 0.5) is 0 Å². The van der Waals surface area contributed by atoms with E-state index in [9.17, 15) is 4.21 Å². The van der Waals surface area contributed by atoms with E-state index >= 15 is 0 Å². The van der Waals surface area contributed by atoms with E-state index in [-0.39, 0.29) is 0 Å². The molecule has 3 unspecified atom stereocenters. The van der Waals surface area contributed by atoms with Gasteiger partial charge in [-0.1, -0.05) is 6.07 Å². The van der Waals surface area contributed by atoms with E-state index in [1.807, 2.05) is 11.3 Å². The van der Waals surface area contributed by atoms with Gasteiger partial charge >= 0.3 is 0 Å². The molecule has 1 fully saturated rings. The third-order valence-electron chi connectivity index (χ3n) is 2.89. The Bertz CT molecular complexity index is 346. The first kappa shape index (κ1) is 12.3. The van der Waals surface area contributed by atoms with Crippen LogP contribution in [-0.2, 0) is 10.8 Å². The molecule has 0 aliphatic heterocycles. The fourth-order valence-electron chi connectivity index (χ4n) is 2.06. The van der Waals surface area contributed by atoms with E-state index in [0.29, 0.717) is 12.1 Å². The first-order valence-electron chi connectivity index (χ1n) is 5.76. The summed E-state index contributed by atoms with van der Waals surface area (Å²) < 4.78 is 11.2. The zero-order valence-electron chi connectivity index (χ0n) is 9.81. The Morgan fingerprint density at radius 3 is 2.88 bits per heavy atom. The van der Waals surface area contributed by atoms with Crippen LogP contribution in [0.2, 0.25) is 0 Å². The van der Waals surface area contributed by atoms with Crippen molar-refractivity contribution in [2.45, 2.75) is 31.8 Å². The number of hydrogen-bond donors (Lipinski definition) is 1. The maximum Gasteiger partial charge on any atom is 0.0445 e. The molecule has 1 aromatic heterocycles. The summed E-state index contributed by atoms with van der Waals surface area (Å²) in [6.45, 7) is 2.13. The van der Waals surface area contributed by atoms with Gasteiger partial charge in [-0.05, 0) is 37.1 Å². The van der Waals surface area contributed by atoms with Gasteiger partial charge in [0.2, 0.25) is 0 Å². The fraction of sp³-hybridized carbons (Fsp3) is 0.667. The summed E-state index contributed by atoms with van der Waals surface area (Å²) in [5.74, 6) is 1.54. The molecular weight excluding hydrogens is 238 g/mol. The van der Waals surface area contributed by atoms with Crippen molar-refractivity contribution >= 4 is 22.1 Å². The molecule has 3 atom stereocenters. The summed E-state index contributed by atoms with van der Waals surface area (Å²) in [7, 11) is -0.711. The molecule has 4 heteroatoms. The molecule has 1 aliphatic rings. The fourth-order valence-corrected chi connectivity index (χ4v) is 3.73. The van der Waals surface area contributed by atoms with Crippen molar-refractivity contribution < 1.29 is 4.21 Å². The Balaban J connectivity index is 1.95. The lowest BCUT2D eigenvalue weighted by atomic mass is 10.1. The van der Waals surface area contributed by atoms with Crippen molar-refractivity contribution in [3.05, 3.63) is 22.4 Å². The van der Waals surface area contributed by atoms with Crippen molar-refractivity contribution in [2.24, 2.45) is 5.92 Å². The smallest absolute Gasteiger partial charge is 0.0445 e. The molecule has 0 bridgehead atoms. The molecule has 0 saturated heterocycles. The van der Waals surface area contributed by atoms with Crippen LogP contribution in [0.25, 0.3) is 0 Å². The van der Waals surface area contributed by atoms with Gasteiger partial charge in [-0.3, -0.25) is 4.21 Å². The molecule has 90 valence electrons. The Morgan fingerprint density at radius 2 is 2.38 bits per heavy atom. The zero-order chi connectivity index (χ0) is 11.5. The van der Waals surface area contributed by atoms with Gasteiger partial charge in [0.25, 0.3) is 0 Å². The monoisotopic (exact) mass is 257 g/mol. The van der Waals surface area contributed by atoms with Crippen molar-refractivity contribution in [3.8, 4) is 0 Å². The summed E-state index contributed by atoms with van der Waals surface area (Å²) in [6.07, 6.45) is 4.43. The molecule has 1 aliphatic carbocycles. The van der Waals surface area contributed by atoms with Crippen LogP contribution >= 0.6 is 11.3 Å². The van der Waals surface area contributed by atoms with E-state index in [1.54, 1.807) is 6.26 Å². The van der Waals surface area contributed by atoms with Crippen LogP contribution in [0.1, 0.15) is 30.7 Å². The quantitative estimate of drug-likeness (QED) is 0.848. The highest BCUT2D eigenvalue weighted by molar-refractivity contribution is 7.84. The molecular formula is C12H19NOS2. The second kappa shape index (κ2) is 5.43. The van der Waals surface area contributed by atoms with Gasteiger partial charge in [-0.15, -0.1) is 11.3 Å². The van der Waals surface area contributed by atoms with Gasteiger partial charge in [0.05, 0.1) is 0 Å². The Labute approximate surface area is 104 Å². The highest BCUT2D eigenvalue weighted by Gasteiger charge is 2.33. The first-order valence-corrected chi connectivity index (χ1v) is 8.37. The Morgan fingerprint density at radius 1 is 1.62 bits per heavy atom. The van der Waals surface area contributed by atoms with Gasteiger partial charge in [0.1, 0.15) is 0 Å². The number of thiophene rings is 1. The first-order chi connectivity index (χ1) is 7.66. The maximum absolute atomic E-state index is 11.2. The van der Waals surface area contributed by atoms with Crippen LogP contribution in [0, 0.1) is 5.92 Å². The molecule has 0 aromatic carbocycles. The van der Waals surface area contributed by atoms with Crippen molar-refractivity contribution in [3.63, 3.8) is 0 Å². The molecule has 1 aromatic rings. The average molecular weight is 257 g/mol. The molecule has 0 spiro atoms. The normalized spacial score (nSPS) is 21.6. The second-order valence-electron chi connectivity index (χ2n) is 4.64.